The predicted molar refractivity (Wildman–Crippen MR) is 155 cm³/mol. The molecule has 45 heavy (non-hydrogen) atoms. The van der Waals surface area contributed by atoms with Crippen molar-refractivity contribution < 1.29 is 44.3 Å². The second-order valence-electron chi connectivity index (χ2n) is 10.3. The van der Waals surface area contributed by atoms with Gasteiger partial charge in [-0.25, -0.2) is 17.8 Å². The predicted octanol–water partition coefficient (Wildman–Crippen LogP) is 8.61. The average Bonchev–Trinajstić information content (AvgIpc) is 3.40. The first-order valence-corrected chi connectivity index (χ1v) is 15.0. The zero-order valence-electron chi connectivity index (χ0n) is 22.4. The van der Waals surface area contributed by atoms with Crippen LogP contribution in [-0.4, -0.2) is 35.8 Å². The Morgan fingerprint density at radius 2 is 1.42 bits per heavy atom. The molecule has 6 rings (SSSR count). The van der Waals surface area contributed by atoms with Crippen LogP contribution < -0.4 is 0 Å². The Morgan fingerprint density at radius 1 is 0.778 bits per heavy atom. The largest absolute Gasteiger partial charge is 0.430 e. The molecule has 0 spiro atoms. The quantitative estimate of drug-likeness (QED) is 0.143. The summed E-state index contributed by atoms with van der Waals surface area (Å²) in [5.74, 6) is -1.29. The molecule has 0 aliphatic heterocycles. The van der Waals surface area contributed by atoms with E-state index in [0.717, 1.165) is 18.2 Å². The second-order valence-corrected chi connectivity index (χ2v) is 12.7. The molecule has 0 atom stereocenters. The molecular weight excluding hydrogens is 649 g/mol. The summed E-state index contributed by atoms with van der Waals surface area (Å²) in [7, 11) is -4.07. The Kier molecular flexibility index (Phi) is 7.14. The van der Waals surface area contributed by atoms with Crippen molar-refractivity contribution in [1.29, 1.82) is 0 Å². The maximum atomic E-state index is 14.8. The molecular formula is C31H18ClF7N2O3S. The highest BCUT2D eigenvalue weighted by atomic mass is 35.5. The fourth-order valence-corrected chi connectivity index (χ4v) is 6.95. The Labute approximate surface area is 254 Å². The van der Waals surface area contributed by atoms with Crippen molar-refractivity contribution in [3.63, 3.8) is 0 Å². The van der Waals surface area contributed by atoms with E-state index >= 15 is 0 Å². The van der Waals surface area contributed by atoms with Crippen molar-refractivity contribution in [2.75, 3.05) is 0 Å². The summed E-state index contributed by atoms with van der Waals surface area (Å²) in [6, 6.07) is 17.6. The molecule has 232 valence electrons. The molecule has 0 fully saturated rings. The van der Waals surface area contributed by atoms with Crippen LogP contribution in [0.25, 0.3) is 44.0 Å². The summed E-state index contributed by atoms with van der Waals surface area (Å²) in [5, 5.41) is 9.94. The lowest BCUT2D eigenvalue weighted by molar-refractivity contribution is -0.376. The van der Waals surface area contributed by atoms with Gasteiger partial charge in [-0.1, -0.05) is 66.2 Å². The summed E-state index contributed by atoms with van der Waals surface area (Å²) in [4.78, 5) is 7.05. The number of sulfone groups is 1. The van der Waals surface area contributed by atoms with Gasteiger partial charge in [0.05, 0.1) is 32.3 Å². The fourth-order valence-electron chi connectivity index (χ4n) is 5.33. The molecule has 5 nitrogen and oxygen atoms in total. The van der Waals surface area contributed by atoms with E-state index < -0.39 is 44.9 Å². The topological polar surface area (TPSA) is 83.0 Å². The molecule has 1 heterocycles. The molecule has 5 aromatic carbocycles. The van der Waals surface area contributed by atoms with Crippen molar-refractivity contribution in [2.24, 2.45) is 0 Å². The molecule has 0 saturated heterocycles. The zero-order valence-corrected chi connectivity index (χ0v) is 24.0. The Bertz CT molecular complexity index is 2200. The normalized spacial score (nSPS) is 13.3. The highest BCUT2D eigenvalue weighted by molar-refractivity contribution is 7.90. The number of alkyl halides is 6. The summed E-state index contributed by atoms with van der Waals surface area (Å²) in [6.07, 6.45) is -12.3. The third kappa shape index (κ3) is 4.99. The van der Waals surface area contributed by atoms with Gasteiger partial charge in [-0.2, -0.15) is 26.3 Å². The van der Waals surface area contributed by atoms with E-state index in [1.54, 1.807) is 30.3 Å². The number of H-pyrrole nitrogens is 1. The minimum atomic E-state index is -6.16. The van der Waals surface area contributed by atoms with E-state index in [0.29, 0.717) is 17.7 Å². The van der Waals surface area contributed by atoms with Crippen LogP contribution in [-0.2, 0) is 21.2 Å². The second kappa shape index (κ2) is 10.4. The van der Waals surface area contributed by atoms with Gasteiger partial charge < -0.3 is 10.1 Å². The third-order valence-electron chi connectivity index (χ3n) is 7.53. The third-order valence-corrected chi connectivity index (χ3v) is 9.53. The van der Waals surface area contributed by atoms with Gasteiger partial charge in [0.25, 0.3) is 5.60 Å². The SMILES string of the molecule is O=S(=O)(Cc1ccccc1)c1ccc2c(c1)c1cc(C(O)(C(F)(F)F)C(F)(F)F)ccc1c1[nH]c(-c3c(F)cccc3Cl)nc21. The van der Waals surface area contributed by atoms with Crippen LogP contribution in [0.15, 0.2) is 89.8 Å². The number of nitrogens with zero attached hydrogens (tertiary/aromatic N) is 1. The van der Waals surface area contributed by atoms with Crippen molar-refractivity contribution in [1.82, 2.24) is 9.97 Å². The smallest absolute Gasteiger partial charge is 0.369 e. The lowest BCUT2D eigenvalue weighted by Crippen LogP contribution is -2.53. The molecule has 0 aliphatic carbocycles. The van der Waals surface area contributed by atoms with Crippen molar-refractivity contribution in [2.45, 2.75) is 28.6 Å². The standard InChI is InChI=1S/C31H18ClF7N2O3S/c32-23-7-4-8-24(33)25(23)28-40-26-19-11-9-17(29(42,30(34,35)36)31(37,38)39)13-21(19)22-14-18(10-12-20(22)27(26)41-28)45(43,44)15-16-5-2-1-3-6-16/h1-14,42H,15H2,(H,40,41). The molecule has 0 aliphatic rings. The van der Waals surface area contributed by atoms with Crippen LogP contribution in [0.1, 0.15) is 11.1 Å². The first-order valence-electron chi connectivity index (χ1n) is 13.0. The number of fused-ring (bicyclic) bond motifs is 6. The maximum absolute atomic E-state index is 14.8. The van der Waals surface area contributed by atoms with Gasteiger partial charge in [0.15, 0.2) is 9.84 Å². The van der Waals surface area contributed by atoms with Gasteiger partial charge in [-0.15, -0.1) is 0 Å². The number of nitrogens with one attached hydrogen (secondary N) is 1. The Morgan fingerprint density at radius 3 is 2.07 bits per heavy atom. The lowest BCUT2D eigenvalue weighted by atomic mass is 9.89. The van der Waals surface area contributed by atoms with Crippen LogP contribution in [0.4, 0.5) is 30.7 Å². The summed E-state index contributed by atoms with van der Waals surface area (Å²) in [5.41, 5.74) is -6.26. The van der Waals surface area contributed by atoms with Gasteiger partial charge in [0.1, 0.15) is 11.6 Å². The summed E-state index contributed by atoms with van der Waals surface area (Å²) >= 11 is 6.21. The van der Waals surface area contributed by atoms with Gasteiger partial charge in [0, 0.05) is 16.3 Å². The zero-order chi connectivity index (χ0) is 32.5. The number of aromatic amines is 1. The fraction of sp³-hybridized carbons (Fsp3) is 0.129. The Balaban J connectivity index is 1.69. The number of aromatic nitrogens is 2. The number of halogens is 8. The molecule has 6 aromatic rings. The van der Waals surface area contributed by atoms with Crippen LogP contribution in [0.2, 0.25) is 5.02 Å². The molecule has 0 saturated carbocycles. The van der Waals surface area contributed by atoms with Gasteiger partial charge in [0.2, 0.25) is 0 Å². The molecule has 14 heteroatoms. The van der Waals surface area contributed by atoms with Crippen LogP contribution in [0.5, 0.6) is 0 Å². The molecule has 0 radical (unpaired) electrons. The van der Waals surface area contributed by atoms with Gasteiger partial charge in [-0.05, 0) is 46.7 Å². The molecule has 0 bridgehead atoms. The van der Waals surface area contributed by atoms with E-state index in [1.807, 2.05) is 0 Å². The highest BCUT2D eigenvalue weighted by Gasteiger charge is 2.71. The summed E-state index contributed by atoms with van der Waals surface area (Å²) in [6.45, 7) is 0. The molecule has 0 unspecified atom stereocenters. The number of imidazole rings is 1. The number of hydrogen-bond donors (Lipinski definition) is 2. The average molecular weight is 667 g/mol. The first kappa shape index (κ1) is 30.8. The van der Waals surface area contributed by atoms with E-state index in [4.69, 9.17) is 11.6 Å². The Hall–Kier alpha value is -4.20. The van der Waals surface area contributed by atoms with Gasteiger partial charge >= 0.3 is 12.4 Å². The summed E-state index contributed by atoms with van der Waals surface area (Å²) < 4.78 is 125. The van der Waals surface area contributed by atoms with Crippen LogP contribution in [0.3, 0.4) is 0 Å². The minimum absolute atomic E-state index is 0.0248. The molecule has 2 N–H and O–H groups in total. The number of hydrogen-bond acceptors (Lipinski definition) is 4. The number of aliphatic hydroxyl groups is 1. The highest BCUT2D eigenvalue weighted by Crippen LogP contribution is 2.51. The van der Waals surface area contributed by atoms with E-state index in [-0.39, 0.29) is 53.9 Å². The van der Waals surface area contributed by atoms with Crippen molar-refractivity contribution in [3.05, 3.63) is 107 Å². The monoisotopic (exact) mass is 666 g/mol. The van der Waals surface area contributed by atoms with E-state index in [2.05, 4.69) is 9.97 Å². The van der Waals surface area contributed by atoms with E-state index in [9.17, 15) is 44.3 Å². The number of rotatable bonds is 5. The van der Waals surface area contributed by atoms with Crippen LogP contribution >= 0.6 is 11.6 Å². The van der Waals surface area contributed by atoms with Crippen molar-refractivity contribution in [3.8, 4) is 11.4 Å². The lowest BCUT2D eigenvalue weighted by Gasteiger charge is -2.32. The van der Waals surface area contributed by atoms with Crippen LogP contribution in [0, 0.1) is 5.82 Å². The first-order chi connectivity index (χ1) is 21.0. The van der Waals surface area contributed by atoms with E-state index in [1.165, 1.54) is 24.3 Å². The molecule has 1 aromatic heterocycles. The van der Waals surface area contributed by atoms with Gasteiger partial charge in [-0.3, -0.25) is 0 Å². The maximum Gasteiger partial charge on any atom is 0.430 e. The minimum Gasteiger partial charge on any atom is -0.369 e. The van der Waals surface area contributed by atoms with Crippen molar-refractivity contribution >= 4 is 54.0 Å². The number of benzene rings is 5. The molecule has 0 amide bonds.